The van der Waals surface area contributed by atoms with Crippen LogP contribution >= 0.6 is 0 Å². The maximum absolute atomic E-state index is 11.7. The summed E-state index contributed by atoms with van der Waals surface area (Å²) >= 11 is 0. The SMILES string of the molecule is Cc1cc(N=Nc2cc(S(=O)(=O)O)ccc2S(=O)(=O)O)c(C)cc1N=Nc1ccc(N)cc1NC(N)=O. The summed E-state index contributed by atoms with van der Waals surface area (Å²) < 4.78 is 64.9. The lowest BCUT2D eigenvalue weighted by Gasteiger charge is -2.08. The van der Waals surface area contributed by atoms with Gasteiger partial charge in [0.2, 0.25) is 0 Å². The number of azo groups is 2. The molecule has 14 nitrogen and oxygen atoms in total. The minimum absolute atomic E-state index is 0.262. The number of anilines is 2. The average Bonchev–Trinajstić information content (AvgIpc) is 2.77. The van der Waals surface area contributed by atoms with Crippen LogP contribution in [-0.4, -0.2) is 32.0 Å². The summed E-state index contributed by atoms with van der Waals surface area (Å²) in [5.41, 5.74) is 13.2. The smallest absolute Gasteiger partial charge is 0.316 e. The van der Waals surface area contributed by atoms with Crippen LogP contribution in [0, 0.1) is 13.8 Å². The van der Waals surface area contributed by atoms with E-state index in [-0.39, 0.29) is 11.4 Å². The monoisotopic (exact) mass is 547 g/mol. The number of nitrogens with one attached hydrogen (secondary N) is 1. The fraction of sp³-hybridized carbons (Fsp3) is 0.0952. The van der Waals surface area contributed by atoms with Crippen molar-refractivity contribution >= 4 is 60.4 Å². The summed E-state index contributed by atoms with van der Waals surface area (Å²) in [7, 11) is -9.44. The number of nitrogens with two attached hydrogens (primary N) is 2. The zero-order valence-corrected chi connectivity index (χ0v) is 20.9. The average molecular weight is 548 g/mol. The van der Waals surface area contributed by atoms with Gasteiger partial charge >= 0.3 is 6.03 Å². The quantitative estimate of drug-likeness (QED) is 0.157. The highest BCUT2D eigenvalue weighted by molar-refractivity contribution is 7.86. The fourth-order valence-electron chi connectivity index (χ4n) is 3.04. The molecular formula is C21H21N7O7S2. The van der Waals surface area contributed by atoms with Gasteiger partial charge in [0.25, 0.3) is 20.2 Å². The number of nitrogens with zero attached hydrogens (tertiary/aromatic N) is 4. The first kappa shape index (κ1) is 27.3. The molecule has 3 aromatic rings. The zero-order valence-electron chi connectivity index (χ0n) is 19.3. The molecule has 16 heteroatoms. The Morgan fingerprint density at radius 2 is 1.30 bits per heavy atom. The van der Waals surface area contributed by atoms with E-state index in [4.69, 9.17) is 11.5 Å². The van der Waals surface area contributed by atoms with Crippen molar-refractivity contribution in [1.29, 1.82) is 0 Å². The number of rotatable bonds is 7. The van der Waals surface area contributed by atoms with Crippen molar-refractivity contribution in [2.24, 2.45) is 26.2 Å². The Kier molecular flexibility index (Phi) is 7.68. The van der Waals surface area contributed by atoms with Gasteiger partial charge in [-0.15, -0.1) is 10.2 Å². The first-order valence-electron chi connectivity index (χ1n) is 10.1. The van der Waals surface area contributed by atoms with Crippen LogP contribution in [0.2, 0.25) is 0 Å². The van der Waals surface area contributed by atoms with E-state index in [1.165, 1.54) is 6.07 Å². The van der Waals surface area contributed by atoms with Crippen LogP contribution in [0.4, 0.5) is 38.9 Å². The van der Waals surface area contributed by atoms with E-state index in [0.29, 0.717) is 28.2 Å². The molecule has 0 atom stereocenters. The number of carbonyl (C=O) groups excluding carboxylic acids is 1. The molecule has 0 fully saturated rings. The number of nitrogen functional groups attached to an aromatic ring is 1. The molecule has 0 aliphatic rings. The Hall–Kier alpha value is -4.25. The third-order valence-electron chi connectivity index (χ3n) is 4.83. The second-order valence-corrected chi connectivity index (χ2v) is 10.5. The van der Waals surface area contributed by atoms with E-state index in [0.717, 1.165) is 18.2 Å². The van der Waals surface area contributed by atoms with E-state index in [9.17, 15) is 30.7 Å². The second kappa shape index (κ2) is 10.4. The summed E-state index contributed by atoms with van der Waals surface area (Å²) in [6.45, 7) is 3.36. The normalized spacial score (nSPS) is 12.3. The molecule has 0 heterocycles. The van der Waals surface area contributed by atoms with Gasteiger partial charge in [-0.1, -0.05) is 0 Å². The summed E-state index contributed by atoms with van der Waals surface area (Å²) in [6.07, 6.45) is 0. The van der Waals surface area contributed by atoms with Crippen LogP contribution in [0.15, 0.2) is 78.8 Å². The third kappa shape index (κ3) is 6.91. The van der Waals surface area contributed by atoms with Gasteiger partial charge in [-0.05, 0) is 73.5 Å². The molecule has 7 N–H and O–H groups in total. The van der Waals surface area contributed by atoms with Crippen LogP contribution in [0.3, 0.4) is 0 Å². The third-order valence-corrected chi connectivity index (χ3v) is 6.58. The van der Waals surface area contributed by atoms with Crippen molar-refractivity contribution in [3.63, 3.8) is 0 Å². The van der Waals surface area contributed by atoms with Gasteiger partial charge in [0.15, 0.2) is 0 Å². The van der Waals surface area contributed by atoms with E-state index in [2.05, 4.69) is 25.8 Å². The highest BCUT2D eigenvalue weighted by Gasteiger charge is 2.20. The van der Waals surface area contributed by atoms with Crippen LogP contribution in [-0.2, 0) is 20.2 Å². The number of carbonyl (C=O) groups is 1. The summed E-state index contributed by atoms with van der Waals surface area (Å²) in [5.74, 6) is 0. The summed E-state index contributed by atoms with van der Waals surface area (Å²) in [4.78, 5) is 9.90. The Labute approximate surface area is 211 Å². The van der Waals surface area contributed by atoms with Gasteiger partial charge in [-0.3, -0.25) is 9.11 Å². The molecule has 0 aromatic heterocycles. The van der Waals surface area contributed by atoms with Gasteiger partial charge in [-0.2, -0.15) is 27.1 Å². The topological polar surface area (TPSA) is 239 Å². The number of primary amides is 1. The molecule has 0 radical (unpaired) electrons. The van der Waals surface area contributed by atoms with Crippen molar-refractivity contribution < 1.29 is 30.7 Å². The van der Waals surface area contributed by atoms with E-state index in [1.54, 1.807) is 38.1 Å². The molecular weight excluding hydrogens is 526 g/mol. The highest BCUT2D eigenvalue weighted by Crippen LogP contribution is 2.34. The largest absolute Gasteiger partial charge is 0.399 e. The molecule has 0 unspecified atom stereocenters. The zero-order chi connectivity index (χ0) is 27.5. The molecule has 0 aliphatic carbocycles. The van der Waals surface area contributed by atoms with Crippen molar-refractivity contribution in [2.75, 3.05) is 11.1 Å². The summed E-state index contributed by atoms with van der Waals surface area (Å²) in [6, 6.07) is 9.31. The van der Waals surface area contributed by atoms with E-state index < -0.39 is 41.7 Å². The number of urea groups is 1. The Morgan fingerprint density at radius 1 is 0.757 bits per heavy atom. The minimum atomic E-state index is -4.77. The van der Waals surface area contributed by atoms with Gasteiger partial charge < -0.3 is 16.8 Å². The molecule has 194 valence electrons. The molecule has 0 aliphatic heterocycles. The molecule has 0 spiro atoms. The standard InChI is InChI=1S/C21H21N7O7S2/c1-11-8-17(27-28-19-10-14(36(30,31)32)4-6-20(19)37(33,34)35)12(2)7-16(11)26-25-15-5-3-13(22)9-18(15)24-21(23)29/h3-10H,22H2,1-2H3,(H3,23,24,29)(H,30,31,32)(H,33,34,35). The lowest BCUT2D eigenvalue weighted by Crippen LogP contribution is -2.19. The Morgan fingerprint density at radius 3 is 1.81 bits per heavy atom. The first-order chi connectivity index (χ1) is 17.1. The predicted octanol–water partition coefficient (Wildman–Crippen LogP) is 4.70. The number of benzene rings is 3. The maximum atomic E-state index is 11.7. The number of aryl methyl sites for hydroxylation is 2. The van der Waals surface area contributed by atoms with Gasteiger partial charge in [-0.25, -0.2) is 4.79 Å². The molecule has 0 saturated heterocycles. The summed E-state index contributed by atoms with van der Waals surface area (Å²) in [5, 5.41) is 18.5. The molecule has 0 saturated carbocycles. The van der Waals surface area contributed by atoms with E-state index >= 15 is 0 Å². The van der Waals surface area contributed by atoms with Crippen LogP contribution in [0.25, 0.3) is 0 Å². The number of amides is 2. The highest BCUT2D eigenvalue weighted by atomic mass is 32.2. The molecule has 2 amide bonds. The van der Waals surface area contributed by atoms with Gasteiger partial charge in [0.1, 0.15) is 16.3 Å². The minimum Gasteiger partial charge on any atom is -0.399 e. The second-order valence-electron chi connectivity index (χ2n) is 7.67. The first-order valence-corrected chi connectivity index (χ1v) is 13.0. The molecule has 3 rings (SSSR count). The Bertz CT molecular complexity index is 1670. The van der Waals surface area contributed by atoms with Crippen molar-refractivity contribution in [3.8, 4) is 0 Å². The molecule has 0 bridgehead atoms. The van der Waals surface area contributed by atoms with Crippen molar-refractivity contribution in [2.45, 2.75) is 23.6 Å². The molecule has 3 aromatic carbocycles. The number of hydrogen-bond donors (Lipinski definition) is 5. The molecule has 37 heavy (non-hydrogen) atoms. The van der Waals surface area contributed by atoms with Gasteiger partial charge in [0.05, 0.1) is 22.0 Å². The van der Waals surface area contributed by atoms with Crippen LogP contribution in [0.1, 0.15) is 11.1 Å². The fourth-order valence-corrected chi connectivity index (χ4v) is 4.15. The van der Waals surface area contributed by atoms with Crippen molar-refractivity contribution in [3.05, 3.63) is 59.7 Å². The number of hydrogen-bond acceptors (Lipinski definition) is 10. The predicted molar refractivity (Wildman–Crippen MR) is 134 cm³/mol. The van der Waals surface area contributed by atoms with Crippen LogP contribution < -0.4 is 16.8 Å². The lowest BCUT2D eigenvalue weighted by atomic mass is 10.1. The lowest BCUT2D eigenvalue weighted by molar-refractivity contribution is 0.259. The van der Waals surface area contributed by atoms with Crippen molar-refractivity contribution in [1.82, 2.24) is 0 Å². The van der Waals surface area contributed by atoms with Crippen LogP contribution in [0.5, 0.6) is 0 Å². The van der Waals surface area contributed by atoms with Gasteiger partial charge in [0, 0.05) is 5.69 Å². The Balaban J connectivity index is 1.98. The van der Waals surface area contributed by atoms with E-state index in [1.807, 2.05) is 0 Å². The maximum Gasteiger partial charge on any atom is 0.316 e.